The molecule has 0 aliphatic carbocycles. The van der Waals surface area contributed by atoms with Gasteiger partial charge in [-0.1, -0.05) is 120 Å². The van der Waals surface area contributed by atoms with Gasteiger partial charge in [-0.15, -0.1) is 0 Å². The fourth-order valence-electron chi connectivity index (χ4n) is 4.98. The number of nitrogens with two attached hydrogens (primary N) is 1. The molecule has 0 heterocycles. The number of hydrogen-bond donors (Lipinski definition) is 1. The molecule has 0 unspecified atom stereocenters. The van der Waals surface area contributed by atoms with Crippen LogP contribution in [0.4, 0.5) is 0 Å². The first-order valence-corrected chi connectivity index (χ1v) is 13.6. The molecule has 0 fully saturated rings. The summed E-state index contributed by atoms with van der Waals surface area (Å²) >= 11 is 12.1. The average molecular weight is 545 g/mol. The van der Waals surface area contributed by atoms with Crippen LogP contribution in [-0.2, 0) is 21.4 Å². The van der Waals surface area contributed by atoms with Crippen molar-refractivity contribution in [3.8, 4) is 0 Å². The van der Waals surface area contributed by atoms with Crippen LogP contribution < -0.4 is 5.73 Å². The lowest BCUT2D eigenvalue weighted by Crippen LogP contribution is -2.34. The summed E-state index contributed by atoms with van der Waals surface area (Å²) in [7, 11) is 0. The van der Waals surface area contributed by atoms with E-state index in [9.17, 15) is 9.59 Å². The molecular weight excluding hydrogens is 513 g/mol. The number of benzene rings is 4. The highest BCUT2D eigenvalue weighted by Crippen LogP contribution is 2.42. The third-order valence-corrected chi connectivity index (χ3v) is 7.79. The van der Waals surface area contributed by atoms with Gasteiger partial charge in [0.2, 0.25) is 0 Å². The third-order valence-electron chi connectivity index (χ3n) is 7.05. The summed E-state index contributed by atoms with van der Waals surface area (Å²) in [6.45, 7) is 0. The molecule has 38 heavy (non-hydrogen) atoms. The smallest absolute Gasteiger partial charge is 0.149 e. The van der Waals surface area contributed by atoms with Gasteiger partial charge < -0.3 is 5.73 Å². The minimum atomic E-state index is -0.693. The maximum atomic E-state index is 13.6. The molecule has 0 aromatic heterocycles. The van der Waals surface area contributed by atoms with Gasteiger partial charge in [0.15, 0.2) is 0 Å². The monoisotopic (exact) mass is 543 g/mol. The first kappa shape index (κ1) is 27.8. The fourth-order valence-corrected chi connectivity index (χ4v) is 5.30. The molecule has 5 heteroatoms. The molecule has 0 amide bonds. The number of rotatable bonds is 12. The van der Waals surface area contributed by atoms with Crippen molar-refractivity contribution in [1.29, 1.82) is 0 Å². The number of carbonyl (C=O) groups is 2. The van der Waals surface area contributed by atoms with Crippen molar-refractivity contribution < 1.29 is 9.59 Å². The Labute approximate surface area is 234 Å². The molecule has 0 radical (unpaired) electrons. The molecule has 0 spiro atoms. The Hall–Kier alpha value is -3.24. The van der Waals surface area contributed by atoms with Gasteiger partial charge >= 0.3 is 0 Å². The van der Waals surface area contributed by atoms with Gasteiger partial charge in [0.1, 0.15) is 11.6 Å². The second-order valence-corrected chi connectivity index (χ2v) is 10.4. The van der Waals surface area contributed by atoms with Crippen LogP contribution in [0.5, 0.6) is 0 Å². The SMILES string of the molecule is N[C@H](CCC(=O)CC(c1ccccc1)(c1ccccc1)c1ccccc1)C(=O)CCc1ccc(Cl)c(Cl)c1. The molecule has 3 nitrogen and oxygen atoms in total. The molecule has 2 N–H and O–H groups in total. The summed E-state index contributed by atoms with van der Waals surface area (Å²) in [5, 5.41) is 0.944. The molecule has 4 aromatic carbocycles. The zero-order chi connectivity index (χ0) is 27.0. The molecule has 0 bridgehead atoms. The first-order valence-electron chi connectivity index (χ1n) is 12.8. The second kappa shape index (κ2) is 13.0. The van der Waals surface area contributed by atoms with Gasteiger partial charge in [0, 0.05) is 19.3 Å². The largest absolute Gasteiger partial charge is 0.321 e. The zero-order valence-corrected chi connectivity index (χ0v) is 22.7. The molecule has 0 aliphatic rings. The second-order valence-electron chi connectivity index (χ2n) is 9.58. The van der Waals surface area contributed by atoms with E-state index in [0.717, 1.165) is 22.3 Å². The van der Waals surface area contributed by atoms with Crippen molar-refractivity contribution in [3.63, 3.8) is 0 Å². The Morgan fingerprint density at radius 1 is 0.684 bits per heavy atom. The van der Waals surface area contributed by atoms with E-state index in [1.54, 1.807) is 12.1 Å². The highest BCUT2D eigenvalue weighted by Gasteiger charge is 2.38. The first-order chi connectivity index (χ1) is 18.4. The standard InChI is InChI=1S/C33H31Cl2NO2/c34-29-19-16-24(22-30(29)35)17-21-32(38)31(36)20-18-28(37)23-33(25-10-4-1-5-11-25,26-12-6-2-7-13-26)27-14-8-3-9-15-27/h1-16,19,22,31H,17-18,20-21,23,36H2/t31-/m1/s1. The van der Waals surface area contributed by atoms with E-state index in [1.165, 1.54) is 0 Å². The van der Waals surface area contributed by atoms with Crippen molar-refractivity contribution in [3.05, 3.63) is 141 Å². The summed E-state index contributed by atoms with van der Waals surface area (Å²) in [6, 6.07) is 35.1. The van der Waals surface area contributed by atoms with Crippen LogP contribution in [0.25, 0.3) is 0 Å². The van der Waals surface area contributed by atoms with E-state index in [-0.39, 0.29) is 30.8 Å². The van der Waals surface area contributed by atoms with Gasteiger partial charge in [-0.2, -0.15) is 0 Å². The van der Waals surface area contributed by atoms with E-state index in [2.05, 4.69) is 36.4 Å². The summed E-state index contributed by atoms with van der Waals surface area (Å²) in [5.41, 5.74) is 9.65. The highest BCUT2D eigenvalue weighted by atomic mass is 35.5. The van der Waals surface area contributed by atoms with E-state index in [4.69, 9.17) is 28.9 Å². The minimum absolute atomic E-state index is 0.0642. The normalized spacial score (nSPS) is 12.2. The lowest BCUT2D eigenvalue weighted by atomic mass is 9.66. The number of ketones is 2. The Morgan fingerprint density at radius 3 is 1.66 bits per heavy atom. The molecular formula is C33H31Cl2NO2. The summed E-state index contributed by atoms with van der Waals surface area (Å²) in [4.78, 5) is 26.3. The van der Waals surface area contributed by atoms with Gasteiger partial charge in [0.25, 0.3) is 0 Å². The predicted molar refractivity (Wildman–Crippen MR) is 156 cm³/mol. The van der Waals surface area contributed by atoms with Crippen molar-refractivity contribution in [2.75, 3.05) is 0 Å². The maximum Gasteiger partial charge on any atom is 0.149 e. The Balaban J connectivity index is 1.50. The van der Waals surface area contributed by atoms with Crippen LogP contribution in [0.3, 0.4) is 0 Å². The number of hydrogen-bond acceptors (Lipinski definition) is 3. The molecule has 4 rings (SSSR count). The number of halogens is 2. The van der Waals surface area contributed by atoms with Crippen LogP contribution >= 0.6 is 23.2 Å². The van der Waals surface area contributed by atoms with Crippen molar-refractivity contribution >= 4 is 34.8 Å². The summed E-state index contributed by atoms with van der Waals surface area (Å²) in [5.74, 6) is -0.00129. The minimum Gasteiger partial charge on any atom is -0.321 e. The van der Waals surface area contributed by atoms with Gasteiger partial charge in [-0.25, -0.2) is 0 Å². The molecule has 0 saturated carbocycles. The van der Waals surface area contributed by atoms with E-state index in [1.807, 2.05) is 60.7 Å². The summed E-state index contributed by atoms with van der Waals surface area (Å²) < 4.78 is 0. The van der Waals surface area contributed by atoms with Gasteiger partial charge in [0.05, 0.1) is 21.5 Å². The molecule has 4 aromatic rings. The molecule has 0 aliphatic heterocycles. The Bertz CT molecular complexity index is 1260. The molecule has 194 valence electrons. The fraction of sp³-hybridized carbons (Fsp3) is 0.212. The zero-order valence-electron chi connectivity index (χ0n) is 21.2. The lowest BCUT2D eigenvalue weighted by molar-refractivity contribution is -0.121. The van der Waals surface area contributed by atoms with Gasteiger partial charge in [-0.05, 0) is 47.2 Å². The van der Waals surface area contributed by atoms with Crippen LogP contribution in [0.15, 0.2) is 109 Å². The van der Waals surface area contributed by atoms with Crippen LogP contribution in [0.1, 0.15) is 47.9 Å². The molecule has 1 atom stereocenters. The average Bonchev–Trinajstić information content (AvgIpc) is 2.96. The van der Waals surface area contributed by atoms with Crippen molar-refractivity contribution in [2.24, 2.45) is 5.73 Å². The Kier molecular flexibility index (Phi) is 9.52. The van der Waals surface area contributed by atoms with E-state index >= 15 is 0 Å². The third kappa shape index (κ3) is 6.60. The van der Waals surface area contributed by atoms with Crippen molar-refractivity contribution in [2.45, 2.75) is 43.6 Å². The quantitative estimate of drug-likeness (QED) is 0.187. The van der Waals surface area contributed by atoms with Crippen LogP contribution in [0, 0.1) is 0 Å². The number of Topliss-reactive ketones (excluding diaryl/α,β-unsaturated/α-hetero) is 2. The number of aryl methyl sites for hydroxylation is 1. The molecule has 0 saturated heterocycles. The predicted octanol–water partition coefficient (Wildman–Crippen LogP) is 7.60. The van der Waals surface area contributed by atoms with Crippen molar-refractivity contribution in [1.82, 2.24) is 0 Å². The topological polar surface area (TPSA) is 60.2 Å². The van der Waals surface area contributed by atoms with Crippen LogP contribution in [-0.4, -0.2) is 17.6 Å². The highest BCUT2D eigenvalue weighted by molar-refractivity contribution is 6.42. The van der Waals surface area contributed by atoms with E-state index < -0.39 is 11.5 Å². The summed E-state index contributed by atoms with van der Waals surface area (Å²) in [6.07, 6.45) is 1.63. The van der Waals surface area contributed by atoms with E-state index in [0.29, 0.717) is 22.9 Å². The maximum absolute atomic E-state index is 13.6. The van der Waals surface area contributed by atoms with Gasteiger partial charge in [-0.3, -0.25) is 9.59 Å². The number of carbonyl (C=O) groups excluding carboxylic acids is 2. The lowest BCUT2D eigenvalue weighted by Gasteiger charge is -2.35. The Morgan fingerprint density at radius 2 is 1.18 bits per heavy atom. The van der Waals surface area contributed by atoms with Crippen LogP contribution in [0.2, 0.25) is 10.0 Å².